The van der Waals surface area contributed by atoms with E-state index in [1.807, 2.05) is 10.6 Å². The molecule has 0 spiro atoms. The van der Waals surface area contributed by atoms with Crippen LogP contribution in [-0.2, 0) is 0 Å². The van der Waals surface area contributed by atoms with Crippen LogP contribution in [0.3, 0.4) is 0 Å². The maximum absolute atomic E-state index is 6.13. The standard InChI is InChI=1S/C14H17ClN4.2ClH/c15-11-8-18-19-13(11)4-3-12-14(19)17-7-10(6-16-12)5-9-1-2-9;;/h3-4,8-10,16-17H,1-2,5-7H2;2*1H. The van der Waals surface area contributed by atoms with Gasteiger partial charge in [-0.05, 0) is 30.4 Å². The number of hydrogen-bond donors (Lipinski definition) is 2. The maximum atomic E-state index is 6.13. The molecule has 2 aliphatic rings. The van der Waals surface area contributed by atoms with Gasteiger partial charge in [0, 0.05) is 13.1 Å². The fraction of sp³-hybridized carbons (Fsp3) is 0.500. The number of rotatable bonds is 2. The fourth-order valence-corrected chi connectivity index (χ4v) is 3.08. The first-order valence-corrected chi connectivity index (χ1v) is 7.33. The first-order chi connectivity index (χ1) is 9.31. The van der Waals surface area contributed by atoms with Crippen LogP contribution in [0.5, 0.6) is 0 Å². The molecule has 2 N–H and O–H groups in total. The Morgan fingerprint density at radius 1 is 1.14 bits per heavy atom. The van der Waals surface area contributed by atoms with Crippen LogP contribution in [-0.4, -0.2) is 22.7 Å². The summed E-state index contributed by atoms with van der Waals surface area (Å²) in [5.41, 5.74) is 2.07. The molecule has 0 radical (unpaired) electrons. The summed E-state index contributed by atoms with van der Waals surface area (Å²) in [4.78, 5) is 0. The average Bonchev–Trinajstić information content (AvgIpc) is 3.19. The molecule has 0 saturated heterocycles. The number of anilines is 2. The molecule has 1 saturated carbocycles. The lowest BCUT2D eigenvalue weighted by Gasteiger charge is -2.13. The zero-order valence-corrected chi connectivity index (χ0v) is 13.9. The minimum Gasteiger partial charge on any atom is -0.382 e. The lowest BCUT2D eigenvalue weighted by Crippen LogP contribution is -2.19. The van der Waals surface area contributed by atoms with Crippen molar-refractivity contribution < 1.29 is 0 Å². The first-order valence-electron chi connectivity index (χ1n) is 6.95. The summed E-state index contributed by atoms with van der Waals surface area (Å²) in [6.07, 6.45) is 5.87. The molecule has 1 unspecified atom stereocenters. The van der Waals surface area contributed by atoms with Gasteiger partial charge in [0.05, 0.1) is 22.4 Å². The van der Waals surface area contributed by atoms with Gasteiger partial charge in [-0.1, -0.05) is 24.4 Å². The van der Waals surface area contributed by atoms with E-state index in [2.05, 4.69) is 21.8 Å². The second kappa shape index (κ2) is 6.51. The minimum atomic E-state index is 0. The van der Waals surface area contributed by atoms with Crippen molar-refractivity contribution in [1.82, 2.24) is 9.61 Å². The largest absolute Gasteiger partial charge is 0.382 e. The highest BCUT2D eigenvalue weighted by molar-refractivity contribution is 6.33. The third-order valence-corrected chi connectivity index (χ3v) is 4.43. The fourth-order valence-electron chi connectivity index (χ4n) is 2.89. The highest BCUT2D eigenvalue weighted by Gasteiger charge is 2.27. The number of hydrogen-bond acceptors (Lipinski definition) is 3. The molecular formula is C14H19Cl3N4. The molecule has 4 rings (SSSR count). The molecule has 4 nitrogen and oxygen atoms in total. The Kier molecular flexibility index (Phi) is 5.12. The summed E-state index contributed by atoms with van der Waals surface area (Å²) in [6.45, 7) is 2.05. The zero-order valence-electron chi connectivity index (χ0n) is 11.5. The van der Waals surface area contributed by atoms with Crippen molar-refractivity contribution in [2.75, 3.05) is 23.7 Å². The van der Waals surface area contributed by atoms with Gasteiger partial charge in [-0.25, -0.2) is 4.52 Å². The zero-order chi connectivity index (χ0) is 12.8. The lowest BCUT2D eigenvalue weighted by molar-refractivity contribution is 0.502. The summed E-state index contributed by atoms with van der Waals surface area (Å²) in [7, 11) is 0. The van der Waals surface area contributed by atoms with E-state index in [-0.39, 0.29) is 24.8 Å². The van der Waals surface area contributed by atoms with Gasteiger partial charge >= 0.3 is 0 Å². The molecular weight excluding hydrogens is 331 g/mol. The van der Waals surface area contributed by atoms with E-state index in [1.165, 1.54) is 19.3 Å². The summed E-state index contributed by atoms with van der Waals surface area (Å²) >= 11 is 6.13. The number of fused-ring (bicyclic) bond motifs is 3. The number of nitrogens with zero attached hydrogens (tertiary/aromatic N) is 2. The van der Waals surface area contributed by atoms with Gasteiger partial charge in [0.1, 0.15) is 0 Å². The predicted molar refractivity (Wildman–Crippen MR) is 92.5 cm³/mol. The van der Waals surface area contributed by atoms with Gasteiger partial charge in [0.15, 0.2) is 5.82 Å². The normalized spacial score (nSPS) is 20.3. The Morgan fingerprint density at radius 2 is 1.90 bits per heavy atom. The van der Waals surface area contributed by atoms with Crippen molar-refractivity contribution >= 4 is 53.4 Å². The van der Waals surface area contributed by atoms with E-state index in [9.17, 15) is 0 Å². The smallest absolute Gasteiger partial charge is 0.151 e. The SMILES string of the molecule is Cl.Cl.Clc1cnn2c3c(ccc12)NCC(CC1CC1)CN3. The van der Waals surface area contributed by atoms with Gasteiger partial charge in [-0.15, -0.1) is 24.8 Å². The Balaban J connectivity index is 0.000000807. The van der Waals surface area contributed by atoms with Gasteiger partial charge in [-0.2, -0.15) is 5.10 Å². The average molecular weight is 350 g/mol. The quantitative estimate of drug-likeness (QED) is 0.858. The summed E-state index contributed by atoms with van der Waals surface area (Å²) < 4.78 is 1.89. The molecule has 7 heteroatoms. The van der Waals surface area contributed by atoms with Crippen molar-refractivity contribution in [1.29, 1.82) is 0 Å². The molecule has 0 bridgehead atoms. The van der Waals surface area contributed by atoms with Gasteiger partial charge in [0.25, 0.3) is 0 Å². The Bertz CT molecular complexity index is 624. The van der Waals surface area contributed by atoms with Crippen LogP contribution < -0.4 is 10.6 Å². The van der Waals surface area contributed by atoms with E-state index in [4.69, 9.17) is 11.6 Å². The molecule has 1 fully saturated rings. The molecule has 2 aromatic rings. The second-order valence-electron chi connectivity index (χ2n) is 5.69. The van der Waals surface area contributed by atoms with Crippen molar-refractivity contribution in [3.05, 3.63) is 23.4 Å². The molecule has 2 aromatic heterocycles. The monoisotopic (exact) mass is 348 g/mol. The number of aromatic nitrogens is 2. The first kappa shape index (κ1) is 16.5. The summed E-state index contributed by atoms with van der Waals surface area (Å²) in [5.74, 6) is 2.69. The molecule has 3 heterocycles. The number of halogens is 3. The van der Waals surface area contributed by atoms with Crippen LogP contribution in [0.2, 0.25) is 5.02 Å². The van der Waals surface area contributed by atoms with E-state index >= 15 is 0 Å². The van der Waals surface area contributed by atoms with Gasteiger partial charge in [0.2, 0.25) is 0 Å². The maximum Gasteiger partial charge on any atom is 0.151 e. The van der Waals surface area contributed by atoms with Gasteiger partial charge in [-0.3, -0.25) is 0 Å². The number of pyridine rings is 1. The predicted octanol–water partition coefficient (Wildman–Crippen LogP) is 4.09. The van der Waals surface area contributed by atoms with Gasteiger partial charge < -0.3 is 10.6 Å². The Labute approximate surface area is 141 Å². The van der Waals surface area contributed by atoms with Crippen LogP contribution in [0.25, 0.3) is 5.52 Å². The number of nitrogens with one attached hydrogen (secondary N) is 2. The molecule has 1 aliphatic heterocycles. The van der Waals surface area contributed by atoms with Crippen molar-refractivity contribution in [2.45, 2.75) is 19.3 Å². The minimum absolute atomic E-state index is 0. The van der Waals surface area contributed by atoms with Crippen LogP contribution in [0.15, 0.2) is 18.3 Å². The Morgan fingerprint density at radius 3 is 2.67 bits per heavy atom. The summed E-state index contributed by atoms with van der Waals surface area (Å²) in [5, 5.41) is 12.1. The topological polar surface area (TPSA) is 41.4 Å². The third kappa shape index (κ3) is 3.17. The van der Waals surface area contributed by atoms with Crippen LogP contribution >= 0.6 is 36.4 Å². The molecule has 0 amide bonds. The Hall–Kier alpha value is -0.840. The van der Waals surface area contributed by atoms with Crippen molar-refractivity contribution in [3.8, 4) is 0 Å². The summed E-state index contributed by atoms with van der Waals surface area (Å²) in [6, 6.07) is 4.11. The molecule has 1 aliphatic carbocycles. The lowest BCUT2D eigenvalue weighted by atomic mass is 10.0. The third-order valence-electron chi connectivity index (χ3n) is 4.14. The van der Waals surface area contributed by atoms with Crippen molar-refractivity contribution in [2.24, 2.45) is 11.8 Å². The van der Waals surface area contributed by atoms with E-state index < -0.39 is 0 Å². The van der Waals surface area contributed by atoms with E-state index in [1.54, 1.807) is 6.20 Å². The highest BCUT2D eigenvalue weighted by atomic mass is 35.5. The van der Waals surface area contributed by atoms with Crippen molar-refractivity contribution in [3.63, 3.8) is 0 Å². The molecule has 1 atom stereocenters. The van der Waals surface area contributed by atoms with Crippen LogP contribution in [0, 0.1) is 11.8 Å². The van der Waals surface area contributed by atoms with E-state index in [0.29, 0.717) is 10.9 Å². The van der Waals surface area contributed by atoms with E-state index in [0.717, 1.165) is 36.0 Å². The molecule has 21 heavy (non-hydrogen) atoms. The highest BCUT2D eigenvalue weighted by Crippen LogP contribution is 2.37. The molecule has 116 valence electrons. The molecule has 0 aromatic carbocycles. The van der Waals surface area contributed by atoms with Crippen LogP contribution in [0.4, 0.5) is 11.5 Å². The van der Waals surface area contributed by atoms with Crippen LogP contribution in [0.1, 0.15) is 19.3 Å². The second-order valence-corrected chi connectivity index (χ2v) is 6.10.